The van der Waals surface area contributed by atoms with Gasteiger partial charge < -0.3 is 20.3 Å². The van der Waals surface area contributed by atoms with Crippen LogP contribution in [0.2, 0.25) is 0 Å². The molecule has 3 rings (SSSR count). The van der Waals surface area contributed by atoms with Gasteiger partial charge in [-0.2, -0.15) is 0 Å². The van der Waals surface area contributed by atoms with Gasteiger partial charge in [-0.1, -0.05) is 42.5 Å². The minimum absolute atomic E-state index is 0.0149. The van der Waals surface area contributed by atoms with Crippen LogP contribution in [0.5, 0.6) is 5.75 Å². The van der Waals surface area contributed by atoms with Gasteiger partial charge in [0.05, 0.1) is 13.7 Å². The summed E-state index contributed by atoms with van der Waals surface area (Å²) >= 11 is 0. The predicted molar refractivity (Wildman–Crippen MR) is 113 cm³/mol. The van der Waals surface area contributed by atoms with Crippen molar-refractivity contribution >= 4 is 11.9 Å². The van der Waals surface area contributed by atoms with Gasteiger partial charge in [0.15, 0.2) is 0 Å². The largest absolute Gasteiger partial charge is 0.497 e. The molecular weight excluding hydrogens is 366 g/mol. The zero-order valence-corrected chi connectivity index (χ0v) is 16.9. The van der Waals surface area contributed by atoms with E-state index >= 15 is 0 Å². The van der Waals surface area contributed by atoms with E-state index in [1.165, 1.54) is 5.56 Å². The Bertz CT molecular complexity index is 785. The van der Waals surface area contributed by atoms with E-state index in [1.54, 1.807) is 12.0 Å². The van der Waals surface area contributed by atoms with Crippen LogP contribution in [0.4, 0.5) is 4.79 Å². The molecule has 2 N–H and O–H groups in total. The Morgan fingerprint density at radius 3 is 2.31 bits per heavy atom. The molecule has 0 atom stereocenters. The van der Waals surface area contributed by atoms with E-state index in [4.69, 9.17) is 4.74 Å². The first-order valence-electron chi connectivity index (χ1n) is 10.1. The number of likely N-dealkylation sites (tertiary alicyclic amines) is 1. The molecule has 0 aromatic heterocycles. The second kappa shape index (κ2) is 10.5. The molecule has 1 aliphatic heterocycles. The van der Waals surface area contributed by atoms with Crippen LogP contribution < -0.4 is 15.4 Å². The minimum atomic E-state index is -0.201. The van der Waals surface area contributed by atoms with Crippen LogP contribution in [0, 0.1) is 5.92 Å². The van der Waals surface area contributed by atoms with Crippen molar-refractivity contribution < 1.29 is 14.3 Å². The lowest BCUT2D eigenvalue weighted by Crippen LogP contribution is -2.47. The van der Waals surface area contributed by atoms with Gasteiger partial charge in [-0.15, -0.1) is 0 Å². The number of nitrogens with zero attached hydrogens (tertiary/aromatic N) is 1. The molecule has 2 aromatic carbocycles. The summed E-state index contributed by atoms with van der Waals surface area (Å²) < 4.78 is 5.11. The first-order chi connectivity index (χ1) is 14.1. The molecule has 6 heteroatoms. The molecule has 154 valence electrons. The molecule has 0 spiro atoms. The number of piperidine rings is 1. The van der Waals surface area contributed by atoms with E-state index in [2.05, 4.69) is 34.9 Å². The van der Waals surface area contributed by atoms with E-state index in [9.17, 15) is 9.59 Å². The zero-order valence-electron chi connectivity index (χ0n) is 16.9. The van der Waals surface area contributed by atoms with Gasteiger partial charge in [-0.05, 0) is 48.4 Å². The fourth-order valence-corrected chi connectivity index (χ4v) is 3.56. The standard InChI is InChI=1S/C23H29N3O3/c1-29-21-9-7-20(8-10-21)16-24-22(27)17-25-23(28)26-13-11-19(12-14-26)15-18-5-3-2-4-6-18/h2-10,19H,11-17H2,1H3,(H,24,27)(H,25,28). The fourth-order valence-electron chi connectivity index (χ4n) is 3.56. The Labute approximate surface area is 172 Å². The molecule has 0 bridgehead atoms. The summed E-state index contributed by atoms with van der Waals surface area (Å²) in [5.41, 5.74) is 2.33. The molecule has 0 radical (unpaired) electrons. The first-order valence-corrected chi connectivity index (χ1v) is 10.1. The Morgan fingerprint density at radius 1 is 0.966 bits per heavy atom. The van der Waals surface area contributed by atoms with Crippen LogP contribution in [-0.4, -0.2) is 43.6 Å². The number of carbonyl (C=O) groups is 2. The third-order valence-corrected chi connectivity index (χ3v) is 5.32. The second-order valence-corrected chi connectivity index (χ2v) is 7.40. The lowest BCUT2D eigenvalue weighted by molar-refractivity contribution is -0.120. The number of methoxy groups -OCH3 is 1. The average Bonchev–Trinajstić information content (AvgIpc) is 2.77. The molecule has 29 heavy (non-hydrogen) atoms. The molecule has 1 heterocycles. The number of benzene rings is 2. The number of ether oxygens (including phenoxy) is 1. The number of hydrogen-bond acceptors (Lipinski definition) is 3. The van der Waals surface area contributed by atoms with Crippen molar-refractivity contribution in [2.45, 2.75) is 25.8 Å². The van der Waals surface area contributed by atoms with Gasteiger partial charge in [-0.3, -0.25) is 4.79 Å². The SMILES string of the molecule is COc1ccc(CNC(=O)CNC(=O)N2CCC(Cc3ccccc3)CC2)cc1. The van der Waals surface area contributed by atoms with Crippen molar-refractivity contribution in [3.63, 3.8) is 0 Å². The Hall–Kier alpha value is -3.02. The van der Waals surface area contributed by atoms with Crippen LogP contribution >= 0.6 is 0 Å². The van der Waals surface area contributed by atoms with Crippen molar-refractivity contribution in [1.29, 1.82) is 0 Å². The highest BCUT2D eigenvalue weighted by molar-refractivity contribution is 5.83. The molecule has 2 aromatic rings. The summed E-state index contributed by atoms with van der Waals surface area (Å²) in [6.07, 6.45) is 3.04. The number of hydrogen-bond donors (Lipinski definition) is 2. The molecule has 0 saturated carbocycles. The fraction of sp³-hybridized carbons (Fsp3) is 0.391. The maximum absolute atomic E-state index is 12.3. The van der Waals surface area contributed by atoms with Crippen LogP contribution in [0.1, 0.15) is 24.0 Å². The lowest BCUT2D eigenvalue weighted by atomic mass is 9.90. The molecule has 3 amide bonds. The Balaban J connectivity index is 1.33. The van der Waals surface area contributed by atoms with Crippen molar-refractivity contribution in [2.24, 2.45) is 5.92 Å². The predicted octanol–water partition coefficient (Wildman–Crippen LogP) is 2.98. The van der Waals surface area contributed by atoms with Crippen molar-refractivity contribution in [2.75, 3.05) is 26.7 Å². The normalized spacial score (nSPS) is 14.3. The summed E-state index contributed by atoms with van der Waals surface area (Å²) in [4.78, 5) is 26.1. The van der Waals surface area contributed by atoms with Crippen molar-refractivity contribution in [1.82, 2.24) is 15.5 Å². The second-order valence-electron chi connectivity index (χ2n) is 7.40. The number of amides is 3. The number of rotatable bonds is 7. The van der Waals surface area contributed by atoms with E-state index < -0.39 is 0 Å². The van der Waals surface area contributed by atoms with E-state index in [0.717, 1.165) is 43.7 Å². The number of nitrogens with one attached hydrogen (secondary N) is 2. The lowest BCUT2D eigenvalue weighted by Gasteiger charge is -2.32. The van der Waals surface area contributed by atoms with Gasteiger partial charge in [-0.25, -0.2) is 4.79 Å². The van der Waals surface area contributed by atoms with Crippen LogP contribution in [0.15, 0.2) is 54.6 Å². The molecule has 0 aliphatic carbocycles. The molecule has 1 fully saturated rings. The molecule has 6 nitrogen and oxygen atoms in total. The maximum Gasteiger partial charge on any atom is 0.317 e. The Kier molecular flexibility index (Phi) is 7.50. The van der Waals surface area contributed by atoms with E-state index in [1.807, 2.05) is 30.3 Å². The minimum Gasteiger partial charge on any atom is -0.497 e. The van der Waals surface area contributed by atoms with E-state index in [0.29, 0.717) is 12.5 Å². The maximum atomic E-state index is 12.3. The van der Waals surface area contributed by atoms with Gasteiger partial charge in [0.1, 0.15) is 5.75 Å². The van der Waals surface area contributed by atoms with Crippen molar-refractivity contribution in [3.05, 3.63) is 65.7 Å². The average molecular weight is 396 g/mol. The monoisotopic (exact) mass is 395 g/mol. The van der Waals surface area contributed by atoms with Gasteiger partial charge >= 0.3 is 6.03 Å². The highest BCUT2D eigenvalue weighted by Gasteiger charge is 2.23. The molecule has 0 unspecified atom stereocenters. The van der Waals surface area contributed by atoms with Gasteiger partial charge in [0, 0.05) is 19.6 Å². The quantitative estimate of drug-likeness (QED) is 0.757. The first kappa shape index (κ1) is 20.7. The van der Waals surface area contributed by atoms with Crippen LogP contribution in [0.3, 0.4) is 0 Å². The molecule has 1 aliphatic rings. The summed E-state index contributed by atoms with van der Waals surface area (Å²) in [5, 5.41) is 5.54. The number of urea groups is 1. The number of carbonyl (C=O) groups excluding carboxylic acids is 2. The Morgan fingerprint density at radius 2 is 1.66 bits per heavy atom. The van der Waals surface area contributed by atoms with Crippen LogP contribution in [-0.2, 0) is 17.8 Å². The smallest absolute Gasteiger partial charge is 0.317 e. The summed E-state index contributed by atoms with van der Waals surface area (Å²) in [5.74, 6) is 1.18. The third-order valence-electron chi connectivity index (χ3n) is 5.32. The summed E-state index contributed by atoms with van der Waals surface area (Å²) in [7, 11) is 1.62. The topological polar surface area (TPSA) is 70.7 Å². The van der Waals surface area contributed by atoms with Gasteiger partial charge in [0.2, 0.25) is 5.91 Å². The molecule has 1 saturated heterocycles. The molecular formula is C23H29N3O3. The zero-order chi connectivity index (χ0) is 20.5. The van der Waals surface area contributed by atoms with E-state index in [-0.39, 0.29) is 18.5 Å². The van der Waals surface area contributed by atoms with Gasteiger partial charge in [0.25, 0.3) is 0 Å². The highest BCUT2D eigenvalue weighted by atomic mass is 16.5. The van der Waals surface area contributed by atoms with Crippen molar-refractivity contribution in [3.8, 4) is 5.75 Å². The van der Waals surface area contributed by atoms with Crippen LogP contribution in [0.25, 0.3) is 0 Å². The highest BCUT2D eigenvalue weighted by Crippen LogP contribution is 2.21. The third kappa shape index (κ3) is 6.52. The summed E-state index contributed by atoms with van der Waals surface area (Å²) in [6, 6.07) is 17.8. The summed E-state index contributed by atoms with van der Waals surface area (Å²) in [6.45, 7) is 1.87.